The van der Waals surface area contributed by atoms with Crippen LogP contribution in [0.15, 0.2) is 60.3 Å². The predicted octanol–water partition coefficient (Wildman–Crippen LogP) is 5.49. The highest BCUT2D eigenvalue weighted by Crippen LogP contribution is 2.48. The molecule has 0 radical (unpaired) electrons. The fraction of sp³-hybridized carbons (Fsp3) is 0.385. The molecule has 0 unspecified atom stereocenters. The van der Waals surface area contributed by atoms with Gasteiger partial charge in [-0.2, -0.15) is 0 Å². The standard InChI is InChI=1S/C26H30N2O3/c1-5-13-31-19-10-8-9-18(14-19)25-24-21(15-26(3,4)16-23(24)30)27-20-11-6-7-12-22(20)28(25)17(2)29/h6-12,14-15,24-25,27H,5,13,16H2,1-4H3/t24-,25-/m0/s1. The summed E-state index contributed by atoms with van der Waals surface area (Å²) in [6.07, 6.45) is 3.50. The monoisotopic (exact) mass is 418 g/mol. The van der Waals surface area contributed by atoms with Crippen molar-refractivity contribution in [3.8, 4) is 5.75 Å². The second kappa shape index (κ2) is 8.22. The zero-order chi connectivity index (χ0) is 22.2. The summed E-state index contributed by atoms with van der Waals surface area (Å²) in [4.78, 5) is 28.3. The van der Waals surface area contributed by atoms with Gasteiger partial charge in [0.25, 0.3) is 0 Å². The molecule has 1 amide bonds. The molecule has 5 nitrogen and oxygen atoms in total. The number of rotatable bonds is 4. The van der Waals surface area contributed by atoms with Crippen LogP contribution in [0, 0.1) is 11.3 Å². The molecule has 0 saturated carbocycles. The van der Waals surface area contributed by atoms with Crippen LogP contribution in [0.2, 0.25) is 0 Å². The molecule has 2 aliphatic rings. The van der Waals surface area contributed by atoms with Crippen molar-refractivity contribution in [1.29, 1.82) is 0 Å². The number of hydrogen-bond acceptors (Lipinski definition) is 4. The van der Waals surface area contributed by atoms with E-state index in [-0.39, 0.29) is 17.1 Å². The van der Waals surface area contributed by atoms with E-state index in [1.807, 2.05) is 48.5 Å². The van der Waals surface area contributed by atoms with Crippen LogP contribution in [0.25, 0.3) is 0 Å². The molecule has 162 valence electrons. The van der Waals surface area contributed by atoms with E-state index in [9.17, 15) is 9.59 Å². The number of ether oxygens (including phenoxy) is 1. The topological polar surface area (TPSA) is 58.6 Å². The van der Waals surface area contributed by atoms with E-state index in [0.717, 1.165) is 34.8 Å². The molecule has 1 aliphatic heterocycles. The lowest BCUT2D eigenvalue weighted by atomic mass is 9.72. The van der Waals surface area contributed by atoms with Crippen molar-refractivity contribution >= 4 is 23.1 Å². The van der Waals surface area contributed by atoms with Crippen molar-refractivity contribution in [3.05, 3.63) is 65.9 Å². The van der Waals surface area contributed by atoms with E-state index in [4.69, 9.17) is 4.74 Å². The summed E-state index contributed by atoms with van der Waals surface area (Å²) in [5.74, 6) is 0.324. The highest BCUT2D eigenvalue weighted by Gasteiger charge is 2.45. The Labute approximate surface area is 184 Å². The molecule has 0 bridgehead atoms. The molecular weight excluding hydrogens is 388 g/mol. The molecule has 2 aromatic rings. The van der Waals surface area contributed by atoms with Crippen molar-refractivity contribution in [2.45, 2.75) is 46.6 Å². The second-order valence-corrected chi connectivity index (χ2v) is 9.11. The molecule has 2 aromatic carbocycles. The zero-order valence-electron chi connectivity index (χ0n) is 18.6. The normalized spacial score (nSPS) is 21.9. The predicted molar refractivity (Wildman–Crippen MR) is 123 cm³/mol. The number of ketones is 1. The third kappa shape index (κ3) is 4.09. The Balaban J connectivity index is 1.93. The average molecular weight is 419 g/mol. The maximum Gasteiger partial charge on any atom is 0.224 e. The van der Waals surface area contributed by atoms with Gasteiger partial charge in [0.15, 0.2) is 0 Å². The van der Waals surface area contributed by atoms with Gasteiger partial charge >= 0.3 is 0 Å². The third-order valence-electron chi connectivity index (χ3n) is 5.91. The summed E-state index contributed by atoms with van der Waals surface area (Å²) in [6, 6.07) is 15.1. The first-order chi connectivity index (χ1) is 14.8. The van der Waals surface area contributed by atoms with Gasteiger partial charge in [0.05, 0.1) is 29.9 Å². The van der Waals surface area contributed by atoms with E-state index < -0.39 is 12.0 Å². The lowest BCUT2D eigenvalue weighted by molar-refractivity contribution is -0.125. The van der Waals surface area contributed by atoms with E-state index in [1.54, 1.807) is 11.8 Å². The van der Waals surface area contributed by atoms with Crippen molar-refractivity contribution in [3.63, 3.8) is 0 Å². The van der Waals surface area contributed by atoms with Gasteiger partial charge in [0, 0.05) is 19.0 Å². The fourth-order valence-corrected chi connectivity index (χ4v) is 4.71. The van der Waals surface area contributed by atoms with Gasteiger partial charge in [0.1, 0.15) is 11.5 Å². The van der Waals surface area contributed by atoms with Crippen LogP contribution < -0.4 is 15.0 Å². The van der Waals surface area contributed by atoms with Crippen LogP contribution >= 0.6 is 0 Å². The summed E-state index contributed by atoms with van der Waals surface area (Å²) in [5.41, 5.74) is 3.13. The number of hydrogen-bond donors (Lipinski definition) is 1. The van der Waals surface area contributed by atoms with E-state index in [2.05, 4.69) is 32.2 Å². The Kier molecular flexibility index (Phi) is 5.61. The first kappa shape index (κ1) is 21.2. The summed E-state index contributed by atoms with van der Waals surface area (Å²) < 4.78 is 5.86. The quantitative estimate of drug-likeness (QED) is 0.713. The van der Waals surface area contributed by atoms with Crippen molar-refractivity contribution in [2.75, 3.05) is 16.8 Å². The van der Waals surface area contributed by atoms with E-state index in [1.165, 1.54) is 0 Å². The molecule has 4 rings (SSSR count). The number of allylic oxidation sites excluding steroid dienone is 1. The first-order valence-corrected chi connectivity index (χ1v) is 10.9. The smallest absolute Gasteiger partial charge is 0.224 e. The van der Waals surface area contributed by atoms with Gasteiger partial charge in [-0.3, -0.25) is 9.59 Å². The molecule has 0 spiro atoms. The minimum atomic E-state index is -0.467. The van der Waals surface area contributed by atoms with E-state index >= 15 is 0 Å². The zero-order valence-corrected chi connectivity index (χ0v) is 18.6. The molecule has 31 heavy (non-hydrogen) atoms. The number of fused-ring (bicyclic) bond motifs is 2. The lowest BCUT2D eigenvalue weighted by Crippen LogP contribution is -2.42. The minimum absolute atomic E-state index is 0.0991. The van der Waals surface area contributed by atoms with Gasteiger partial charge in [-0.25, -0.2) is 0 Å². The average Bonchev–Trinajstić information content (AvgIpc) is 2.85. The van der Waals surface area contributed by atoms with Gasteiger partial charge in [-0.1, -0.05) is 51.1 Å². The number of para-hydroxylation sites is 2. The fourth-order valence-electron chi connectivity index (χ4n) is 4.71. The van der Waals surface area contributed by atoms with Crippen LogP contribution in [0.3, 0.4) is 0 Å². The highest BCUT2D eigenvalue weighted by molar-refractivity contribution is 6.00. The maximum absolute atomic E-state index is 13.5. The van der Waals surface area contributed by atoms with Crippen LogP contribution in [-0.2, 0) is 9.59 Å². The number of nitrogens with one attached hydrogen (secondary N) is 1. The molecule has 0 saturated heterocycles. The number of carbonyl (C=O) groups excluding carboxylic acids is 2. The molecule has 2 atom stereocenters. The number of anilines is 2. The van der Waals surface area contributed by atoms with Crippen molar-refractivity contribution in [2.24, 2.45) is 11.3 Å². The first-order valence-electron chi connectivity index (χ1n) is 10.9. The van der Waals surface area contributed by atoms with Gasteiger partial charge in [-0.15, -0.1) is 0 Å². The largest absolute Gasteiger partial charge is 0.494 e. The molecule has 1 aliphatic carbocycles. The van der Waals surface area contributed by atoms with Gasteiger partial charge in [0.2, 0.25) is 5.91 Å². The summed E-state index contributed by atoms with van der Waals surface area (Å²) in [7, 11) is 0. The summed E-state index contributed by atoms with van der Waals surface area (Å²) >= 11 is 0. The Hall–Kier alpha value is -3.08. The summed E-state index contributed by atoms with van der Waals surface area (Å²) in [5, 5.41) is 3.50. The Morgan fingerprint density at radius 3 is 2.71 bits per heavy atom. The van der Waals surface area contributed by atoms with Crippen LogP contribution in [0.5, 0.6) is 5.75 Å². The van der Waals surface area contributed by atoms with Crippen molar-refractivity contribution in [1.82, 2.24) is 0 Å². The molecule has 1 heterocycles. The number of nitrogens with zero attached hydrogens (tertiary/aromatic N) is 1. The van der Waals surface area contributed by atoms with Crippen LogP contribution in [0.1, 0.15) is 52.1 Å². The summed E-state index contributed by atoms with van der Waals surface area (Å²) in [6.45, 7) is 8.39. The maximum atomic E-state index is 13.5. The van der Waals surface area contributed by atoms with Crippen molar-refractivity contribution < 1.29 is 14.3 Å². The Morgan fingerprint density at radius 1 is 1.19 bits per heavy atom. The van der Waals surface area contributed by atoms with Crippen LogP contribution in [-0.4, -0.2) is 18.3 Å². The van der Waals surface area contributed by atoms with Crippen LogP contribution in [0.4, 0.5) is 11.4 Å². The number of carbonyl (C=O) groups is 2. The molecule has 1 N–H and O–H groups in total. The Bertz CT molecular complexity index is 1040. The van der Waals surface area contributed by atoms with E-state index in [0.29, 0.717) is 13.0 Å². The SMILES string of the molecule is CCCOc1cccc([C@H]2[C@@H]3C(=O)CC(C)(C)C=C3Nc3ccccc3N2C(C)=O)c1. The number of Topliss-reactive ketones (excluding diaryl/α,β-unsaturated/α-hetero) is 1. The minimum Gasteiger partial charge on any atom is -0.494 e. The van der Waals surface area contributed by atoms with Gasteiger partial charge < -0.3 is 15.0 Å². The highest BCUT2D eigenvalue weighted by atomic mass is 16.5. The second-order valence-electron chi connectivity index (χ2n) is 9.11. The molecule has 5 heteroatoms. The van der Waals surface area contributed by atoms with Gasteiger partial charge in [-0.05, 0) is 41.7 Å². The molecular formula is C26H30N2O3. The number of benzene rings is 2. The number of amides is 1. The molecule has 0 fully saturated rings. The Morgan fingerprint density at radius 2 is 1.97 bits per heavy atom. The molecule has 0 aromatic heterocycles. The lowest BCUT2D eigenvalue weighted by Gasteiger charge is -2.39. The third-order valence-corrected chi connectivity index (χ3v) is 5.91.